The molecule has 0 atom stereocenters. The lowest BCUT2D eigenvalue weighted by Gasteiger charge is -2.15. The molecule has 178 valence electrons. The summed E-state index contributed by atoms with van der Waals surface area (Å²) in [6.07, 6.45) is 1.35. The third-order valence-corrected chi connectivity index (χ3v) is 5.22. The zero-order valence-electron chi connectivity index (χ0n) is 19.1. The number of aryl methyl sites for hydroxylation is 1. The van der Waals surface area contributed by atoms with Crippen LogP contribution in [0.15, 0.2) is 76.4 Å². The molecule has 0 aliphatic rings. The van der Waals surface area contributed by atoms with Crippen LogP contribution in [0, 0.1) is 6.92 Å². The van der Waals surface area contributed by atoms with E-state index in [0.29, 0.717) is 17.2 Å². The van der Waals surface area contributed by atoms with Crippen molar-refractivity contribution in [3.63, 3.8) is 0 Å². The Labute approximate surface area is 200 Å². The highest BCUT2D eigenvalue weighted by Gasteiger charge is 2.13. The number of anilines is 2. The highest BCUT2D eigenvalue weighted by Crippen LogP contribution is 2.24. The summed E-state index contributed by atoms with van der Waals surface area (Å²) in [4.78, 5) is 44.4. The Morgan fingerprint density at radius 2 is 1.71 bits per heavy atom. The fourth-order valence-electron chi connectivity index (χ4n) is 3.38. The molecule has 0 unspecified atom stereocenters. The van der Waals surface area contributed by atoms with Crippen molar-refractivity contribution in [3.8, 4) is 11.5 Å². The predicted octanol–water partition coefficient (Wildman–Crippen LogP) is 3.41. The predicted molar refractivity (Wildman–Crippen MR) is 130 cm³/mol. The van der Waals surface area contributed by atoms with Gasteiger partial charge in [-0.25, -0.2) is 23.9 Å². The molecule has 2 aromatic heterocycles. The van der Waals surface area contributed by atoms with Crippen LogP contribution in [-0.4, -0.2) is 30.2 Å². The fourth-order valence-corrected chi connectivity index (χ4v) is 3.38. The van der Waals surface area contributed by atoms with Gasteiger partial charge in [0.15, 0.2) is 5.69 Å². The second kappa shape index (κ2) is 10.0. The number of pyridine rings is 1. The first-order chi connectivity index (χ1) is 16.8. The Kier molecular flexibility index (Phi) is 6.72. The van der Waals surface area contributed by atoms with Crippen molar-refractivity contribution in [1.29, 1.82) is 0 Å². The van der Waals surface area contributed by atoms with E-state index in [-0.39, 0.29) is 24.7 Å². The van der Waals surface area contributed by atoms with Crippen LogP contribution in [0.2, 0.25) is 0 Å². The largest absolute Gasteiger partial charge is 0.477 e. The Morgan fingerprint density at radius 1 is 1.00 bits per heavy atom. The number of hydrogen-bond acceptors (Lipinski definition) is 7. The van der Waals surface area contributed by atoms with E-state index in [1.807, 2.05) is 31.2 Å². The Hall–Kier alpha value is -4.73. The van der Waals surface area contributed by atoms with Crippen LogP contribution in [-0.2, 0) is 13.1 Å². The molecular formula is C25H23N5O5. The van der Waals surface area contributed by atoms with Gasteiger partial charge in [0.2, 0.25) is 5.95 Å². The zero-order valence-corrected chi connectivity index (χ0v) is 19.1. The van der Waals surface area contributed by atoms with Crippen molar-refractivity contribution in [2.24, 2.45) is 0 Å². The Balaban J connectivity index is 1.60. The van der Waals surface area contributed by atoms with E-state index in [9.17, 15) is 14.4 Å². The maximum atomic E-state index is 13.0. The summed E-state index contributed by atoms with van der Waals surface area (Å²) in [7, 11) is 0. The molecule has 2 heterocycles. The lowest BCUT2D eigenvalue weighted by Crippen LogP contribution is -2.42. The van der Waals surface area contributed by atoms with Crippen LogP contribution >= 0.6 is 0 Å². The van der Waals surface area contributed by atoms with E-state index in [2.05, 4.69) is 15.3 Å². The number of carboxylic acids is 1. The number of ether oxygens (including phenoxy) is 1. The minimum Gasteiger partial charge on any atom is -0.477 e. The summed E-state index contributed by atoms with van der Waals surface area (Å²) in [6, 6.07) is 17.4. The number of aromatic carboxylic acids is 1. The standard InChI is InChI=1S/C25H23N5O5/c1-3-29-24(33)28-23(30(25(29)34)15-17-6-4-16(2)5-7-17)27-18-8-10-19(11-9-18)35-20-12-13-26-21(14-20)22(31)32/h4-14H,3,15H2,1-2H3,(H,31,32)(H,27,28,33). The number of carboxylic acid groups (broad SMARTS) is 1. The molecule has 10 nitrogen and oxygen atoms in total. The third-order valence-electron chi connectivity index (χ3n) is 5.22. The highest BCUT2D eigenvalue weighted by molar-refractivity contribution is 5.85. The van der Waals surface area contributed by atoms with Gasteiger partial charge in [-0.1, -0.05) is 29.8 Å². The molecule has 0 radical (unpaired) electrons. The Morgan fingerprint density at radius 3 is 2.37 bits per heavy atom. The van der Waals surface area contributed by atoms with Crippen LogP contribution < -0.4 is 21.4 Å². The smallest absolute Gasteiger partial charge is 0.354 e. The maximum absolute atomic E-state index is 13.0. The summed E-state index contributed by atoms with van der Waals surface area (Å²) >= 11 is 0. The molecule has 0 aliphatic heterocycles. The van der Waals surface area contributed by atoms with E-state index in [4.69, 9.17) is 9.84 Å². The average Bonchev–Trinajstić information content (AvgIpc) is 2.84. The lowest BCUT2D eigenvalue weighted by molar-refractivity contribution is 0.0690. The highest BCUT2D eigenvalue weighted by atomic mass is 16.5. The summed E-state index contributed by atoms with van der Waals surface area (Å²) < 4.78 is 8.20. The molecule has 10 heteroatoms. The van der Waals surface area contributed by atoms with Gasteiger partial charge in [0.05, 0.1) is 6.54 Å². The van der Waals surface area contributed by atoms with Crippen molar-refractivity contribution in [2.45, 2.75) is 26.9 Å². The van der Waals surface area contributed by atoms with Crippen LogP contribution in [0.5, 0.6) is 11.5 Å². The van der Waals surface area contributed by atoms with Crippen molar-refractivity contribution in [2.75, 3.05) is 5.32 Å². The van der Waals surface area contributed by atoms with Gasteiger partial charge >= 0.3 is 17.3 Å². The van der Waals surface area contributed by atoms with Crippen LogP contribution in [0.4, 0.5) is 11.6 Å². The van der Waals surface area contributed by atoms with E-state index < -0.39 is 17.3 Å². The minimum atomic E-state index is -1.15. The zero-order chi connectivity index (χ0) is 24.9. The van der Waals surface area contributed by atoms with Gasteiger partial charge in [0, 0.05) is 24.5 Å². The Bertz CT molecular complexity index is 1470. The molecular weight excluding hydrogens is 450 g/mol. The quantitative estimate of drug-likeness (QED) is 0.398. The van der Waals surface area contributed by atoms with Crippen LogP contribution in [0.25, 0.3) is 0 Å². The van der Waals surface area contributed by atoms with Gasteiger partial charge in [-0.2, -0.15) is 4.98 Å². The van der Waals surface area contributed by atoms with E-state index >= 15 is 0 Å². The molecule has 0 amide bonds. The number of carbonyl (C=O) groups is 1. The SMILES string of the molecule is CCn1c(=O)nc(Nc2ccc(Oc3ccnc(C(=O)O)c3)cc2)n(Cc2ccc(C)cc2)c1=O. The molecule has 0 fully saturated rings. The first-order valence-corrected chi connectivity index (χ1v) is 10.9. The molecule has 0 aliphatic carbocycles. The van der Waals surface area contributed by atoms with E-state index in [1.54, 1.807) is 37.3 Å². The normalized spacial score (nSPS) is 10.7. The number of benzene rings is 2. The molecule has 0 bridgehead atoms. The van der Waals surface area contributed by atoms with E-state index in [1.165, 1.54) is 16.8 Å². The minimum absolute atomic E-state index is 0.124. The van der Waals surface area contributed by atoms with Crippen LogP contribution in [0.3, 0.4) is 0 Å². The molecule has 2 N–H and O–H groups in total. The fraction of sp³-hybridized carbons (Fsp3) is 0.160. The summed E-state index contributed by atoms with van der Waals surface area (Å²) in [6.45, 7) is 4.15. The molecule has 4 aromatic rings. The van der Waals surface area contributed by atoms with Crippen molar-refractivity contribution < 1.29 is 14.6 Å². The molecule has 0 saturated heterocycles. The second-order valence-corrected chi connectivity index (χ2v) is 7.75. The summed E-state index contributed by atoms with van der Waals surface area (Å²) in [5, 5.41) is 12.1. The van der Waals surface area contributed by atoms with Gasteiger partial charge in [0.25, 0.3) is 0 Å². The monoisotopic (exact) mass is 473 g/mol. The van der Waals surface area contributed by atoms with Gasteiger partial charge < -0.3 is 15.2 Å². The number of hydrogen-bond donors (Lipinski definition) is 2. The molecule has 0 saturated carbocycles. The summed E-state index contributed by atoms with van der Waals surface area (Å²) in [5.74, 6) is -0.234. The van der Waals surface area contributed by atoms with Crippen molar-refractivity contribution in [3.05, 3.63) is 105 Å². The van der Waals surface area contributed by atoms with Gasteiger partial charge in [0.1, 0.15) is 11.5 Å². The lowest BCUT2D eigenvalue weighted by atomic mass is 10.1. The van der Waals surface area contributed by atoms with Crippen LogP contribution in [0.1, 0.15) is 28.5 Å². The summed E-state index contributed by atoms with van der Waals surface area (Å²) in [5.41, 5.74) is 1.36. The average molecular weight is 473 g/mol. The van der Waals surface area contributed by atoms with Crippen molar-refractivity contribution in [1.82, 2.24) is 19.1 Å². The molecule has 35 heavy (non-hydrogen) atoms. The first kappa shape index (κ1) is 23.4. The number of nitrogens with zero attached hydrogens (tertiary/aromatic N) is 4. The van der Waals surface area contributed by atoms with Gasteiger partial charge in [-0.3, -0.25) is 4.57 Å². The molecule has 2 aromatic carbocycles. The first-order valence-electron chi connectivity index (χ1n) is 10.9. The van der Waals surface area contributed by atoms with E-state index in [0.717, 1.165) is 15.7 Å². The third kappa shape index (κ3) is 5.44. The molecule has 4 rings (SSSR count). The van der Waals surface area contributed by atoms with Crippen molar-refractivity contribution >= 4 is 17.6 Å². The van der Waals surface area contributed by atoms with Gasteiger partial charge in [-0.15, -0.1) is 0 Å². The van der Waals surface area contributed by atoms with Gasteiger partial charge in [-0.05, 0) is 49.7 Å². The number of nitrogens with one attached hydrogen (secondary N) is 1. The number of aromatic nitrogens is 4. The molecule has 0 spiro atoms. The topological polar surface area (TPSA) is 128 Å². The number of rotatable bonds is 8. The maximum Gasteiger partial charge on any atom is 0.354 e. The second-order valence-electron chi connectivity index (χ2n) is 7.75.